The van der Waals surface area contributed by atoms with Crippen LogP contribution in [0.2, 0.25) is 5.15 Å². The van der Waals surface area contributed by atoms with Gasteiger partial charge in [0.05, 0.1) is 5.69 Å². The van der Waals surface area contributed by atoms with Crippen molar-refractivity contribution in [1.29, 1.82) is 0 Å². The summed E-state index contributed by atoms with van der Waals surface area (Å²) in [5.41, 5.74) is 4.71. The van der Waals surface area contributed by atoms with Gasteiger partial charge in [-0.3, -0.25) is 0 Å². The number of pyridine rings is 1. The third-order valence-corrected chi connectivity index (χ3v) is 4.27. The molecule has 2 nitrogen and oxygen atoms in total. The van der Waals surface area contributed by atoms with Crippen LogP contribution in [0, 0.1) is 6.92 Å². The Hall–Kier alpha value is -1.64. The zero-order chi connectivity index (χ0) is 14.8. The standard InChI is InChI=1S/C18H18ClNO/c1-12-11-15(17(21)14-9-5-6-10-14)18(19)20-16(12)13-7-3-2-4-8-13/h2-4,7-9,11,17,21H,5-6,10H2,1H3. The Morgan fingerprint density at radius 2 is 2.00 bits per heavy atom. The summed E-state index contributed by atoms with van der Waals surface area (Å²) in [5.74, 6) is 0. The fourth-order valence-electron chi connectivity index (χ4n) is 2.84. The van der Waals surface area contributed by atoms with Gasteiger partial charge in [-0.15, -0.1) is 0 Å². The molecule has 1 N–H and O–H groups in total. The third-order valence-electron chi connectivity index (χ3n) is 3.96. The van der Waals surface area contributed by atoms with Crippen molar-refractivity contribution in [3.63, 3.8) is 0 Å². The summed E-state index contributed by atoms with van der Waals surface area (Å²) in [5, 5.41) is 10.9. The Morgan fingerprint density at radius 3 is 2.67 bits per heavy atom. The zero-order valence-corrected chi connectivity index (χ0v) is 12.8. The lowest BCUT2D eigenvalue weighted by molar-refractivity contribution is 0.212. The highest BCUT2D eigenvalue weighted by Gasteiger charge is 2.21. The van der Waals surface area contributed by atoms with E-state index in [9.17, 15) is 5.11 Å². The topological polar surface area (TPSA) is 33.1 Å². The van der Waals surface area contributed by atoms with E-state index in [0.717, 1.165) is 41.7 Å². The molecular formula is C18H18ClNO. The molecule has 0 spiro atoms. The average molecular weight is 300 g/mol. The minimum atomic E-state index is -0.629. The van der Waals surface area contributed by atoms with Crippen molar-refractivity contribution < 1.29 is 5.11 Å². The van der Waals surface area contributed by atoms with Gasteiger partial charge in [0.2, 0.25) is 0 Å². The van der Waals surface area contributed by atoms with Gasteiger partial charge in [-0.25, -0.2) is 4.98 Å². The molecular weight excluding hydrogens is 282 g/mol. The third kappa shape index (κ3) is 2.87. The number of rotatable bonds is 3. The van der Waals surface area contributed by atoms with Gasteiger partial charge in [0.15, 0.2) is 0 Å². The first-order valence-corrected chi connectivity index (χ1v) is 7.64. The molecule has 1 aromatic carbocycles. The van der Waals surface area contributed by atoms with Crippen LogP contribution in [0.3, 0.4) is 0 Å². The number of allylic oxidation sites excluding steroid dienone is 1. The largest absolute Gasteiger partial charge is 0.384 e. The first-order valence-electron chi connectivity index (χ1n) is 7.26. The van der Waals surface area contributed by atoms with E-state index in [1.165, 1.54) is 0 Å². The lowest BCUT2D eigenvalue weighted by Crippen LogP contribution is -2.04. The van der Waals surface area contributed by atoms with E-state index < -0.39 is 6.10 Å². The second-order valence-electron chi connectivity index (χ2n) is 5.47. The predicted molar refractivity (Wildman–Crippen MR) is 86.3 cm³/mol. The maximum atomic E-state index is 10.5. The van der Waals surface area contributed by atoms with Crippen LogP contribution in [0.15, 0.2) is 48.0 Å². The van der Waals surface area contributed by atoms with Crippen LogP contribution < -0.4 is 0 Å². The molecule has 1 atom stereocenters. The smallest absolute Gasteiger partial charge is 0.135 e. The lowest BCUT2D eigenvalue weighted by atomic mass is 9.99. The molecule has 0 saturated carbocycles. The highest BCUT2D eigenvalue weighted by atomic mass is 35.5. The number of aliphatic hydroxyl groups is 1. The fourth-order valence-corrected chi connectivity index (χ4v) is 3.08. The van der Waals surface area contributed by atoms with Gasteiger partial charge < -0.3 is 5.11 Å². The van der Waals surface area contributed by atoms with Crippen molar-refractivity contribution in [3.8, 4) is 11.3 Å². The lowest BCUT2D eigenvalue weighted by Gasteiger charge is -2.16. The highest BCUT2D eigenvalue weighted by molar-refractivity contribution is 6.30. The zero-order valence-electron chi connectivity index (χ0n) is 12.0. The number of benzene rings is 1. The van der Waals surface area contributed by atoms with E-state index in [1.54, 1.807) is 0 Å². The number of hydrogen-bond donors (Lipinski definition) is 1. The monoisotopic (exact) mass is 299 g/mol. The van der Waals surface area contributed by atoms with Gasteiger partial charge in [0.25, 0.3) is 0 Å². The van der Waals surface area contributed by atoms with Crippen LogP contribution >= 0.6 is 11.6 Å². The van der Waals surface area contributed by atoms with Crippen molar-refractivity contribution in [2.24, 2.45) is 0 Å². The number of aromatic nitrogens is 1. The van der Waals surface area contributed by atoms with Gasteiger partial charge in [-0.1, -0.05) is 48.0 Å². The molecule has 108 valence electrons. The van der Waals surface area contributed by atoms with E-state index in [0.29, 0.717) is 10.7 Å². The predicted octanol–water partition coefficient (Wildman–Crippen LogP) is 4.85. The summed E-state index contributed by atoms with van der Waals surface area (Å²) in [7, 11) is 0. The van der Waals surface area contributed by atoms with E-state index >= 15 is 0 Å². The van der Waals surface area contributed by atoms with Gasteiger partial charge in [-0.2, -0.15) is 0 Å². The second-order valence-corrected chi connectivity index (χ2v) is 5.83. The first kappa shape index (κ1) is 14.3. The molecule has 0 bridgehead atoms. The Labute approximate surface area is 130 Å². The quantitative estimate of drug-likeness (QED) is 0.649. The summed E-state index contributed by atoms with van der Waals surface area (Å²) in [6.07, 6.45) is 4.58. The van der Waals surface area contributed by atoms with E-state index in [1.807, 2.05) is 43.3 Å². The molecule has 3 heteroatoms. The van der Waals surface area contributed by atoms with Crippen molar-refractivity contribution in [1.82, 2.24) is 4.98 Å². The Balaban J connectivity index is 2.00. The van der Waals surface area contributed by atoms with Gasteiger partial charge in [0, 0.05) is 11.1 Å². The molecule has 1 aliphatic carbocycles. The number of aryl methyl sites for hydroxylation is 1. The number of aliphatic hydroxyl groups excluding tert-OH is 1. The molecule has 0 saturated heterocycles. The molecule has 21 heavy (non-hydrogen) atoms. The summed E-state index contributed by atoms with van der Waals surface area (Å²) >= 11 is 6.33. The van der Waals surface area contributed by atoms with E-state index in [2.05, 4.69) is 11.1 Å². The van der Waals surface area contributed by atoms with Crippen LogP contribution in [-0.4, -0.2) is 10.1 Å². The van der Waals surface area contributed by atoms with Crippen LogP contribution in [0.4, 0.5) is 0 Å². The van der Waals surface area contributed by atoms with Crippen LogP contribution in [0.25, 0.3) is 11.3 Å². The molecule has 1 heterocycles. The number of halogens is 1. The molecule has 2 aromatic rings. The minimum absolute atomic E-state index is 0.389. The molecule has 1 aromatic heterocycles. The second kappa shape index (κ2) is 6.00. The summed E-state index contributed by atoms with van der Waals surface area (Å²) < 4.78 is 0. The fraction of sp³-hybridized carbons (Fsp3) is 0.278. The molecule has 1 aliphatic rings. The first-order chi connectivity index (χ1) is 10.2. The minimum Gasteiger partial charge on any atom is -0.384 e. The Bertz CT molecular complexity index is 679. The van der Waals surface area contributed by atoms with Gasteiger partial charge in [0.1, 0.15) is 11.3 Å². The maximum Gasteiger partial charge on any atom is 0.135 e. The summed E-state index contributed by atoms with van der Waals surface area (Å²) in [6.45, 7) is 2.00. The molecule has 0 fully saturated rings. The number of nitrogens with zero attached hydrogens (tertiary/aromatic N) is 1. The van der Waals surface area contributed by atoms with Gasteiger partial charge >= 0.3 is 0 Å². The molecule has 0 amide bonds. The van der Waals surface area contributed by atoms with E-state index in [4.69, 9.17) is 11.6 Å². The Morgan fingerprint density at radius 1 is 1.24 bits per heavy atom. The molecule has 1 unspecified atom stereocenters. The number of hydrogen-bond acceptors (Lipinski definition) is 2. The van der Waals surface area contributed by atoms with Gasteiger partial charge in [-0.05, 0) is 43.4 Å². The average Bonchev–Trinajstić information content (AvgIpc) is 3.04. The van der Waals surface area contributed by atoms with Crippen LogP contribution in [-0.2, 0) is 0 Å². The summed E-state index contributed by atoms with van der Waals surface area (Å²) in [6, 6.07) is 11.9. The molecule has 0 radical (unpaired) electrons. The van der Waals surface area contributed by atoms with Crippen molar-refractivity contribution in [3.05, 3.63) is 64.3 Å². The normalized spacial score (nSPS) is 15.9. The van der Waals surface area contributed by atoms with Crippen molar-refractivity contribution in [2.45, 2.75) is 32.3 Å². The SMILES string of the molecule is Cc1cc(C(O)C2=CCCC2)c(Cl)nc1-c1ccccc1. The highest BCUT2D eigenvalue weighted by Crippen LogP contribution is 2.35. The van der Waals surface area contributed by atoms with Crippen molar-refractivity contribution in [2.75, 3.05) is 0 Å². The van der Waals surface area contributed by atoms with Crippen molar-refractivity contribution >= 4 is 11.6 Å². The Kier molecular flexibility index (Phi) is 4.09. The van der Waals surface area contributed by atoms with Crippen LogP contribution in [0.1, 0.15) is 36.5 Å². The van der Waals surface area contributed by atoms with E-state index in [-0.39, 0.29) is 0 Å². The summed E-state index contributed by atoms with van der Waals surface area (Å²) in [4.78, 5) is 4.51. The van der Waals surface area contributed by atoms with Crippen LogP contribution in [0.5, 0.6) is 0 Å². The maximum absolute atomic E-state index is 10.5. The molecule has 0 aliphatic heterocycles. The molecule has 3 rings (SSSR count).